The Morgan fingerprint density at radius 2 is 1.25 bits per heavy atom. The minimum atomic E-state index is -0.0732. The molecule has 2 nitrogen and oxygen atoms in total. The molecule has 0 aliphatic carbocycles. The lowest BCUT2D eigenvalue weighted by Crippen LogP contribution is -2.03. The van der Waals surface area contributed by atoms with Crippen LogP contribution < -0.4 is 0 Å². The highest BCUT2D eigenvalue weighted by atomic mass is 16.5. The van der Waals surface area contributed by atoms with Gasteiger partial charge in [0.2, 0.25) is 0 Å². The summed E-state index contributed by atoms with van der Waals surface area (Å²) in [6, 6.07) is 0. The lowest BCUT2D eigenvalue weighted by atomic mass is 9.92. The molecule has 2 heteroatoms. The van der Waals surface area contributed by atoms with Crippen LogP contribution in [0.25, 0.3) is 0 Å². The standard InChI is InChI=1S/C18H36O2/c1-15(2)9-6-10-16(3)11-7-12-17(4)13-8-14-18(19)20-5/h15-17H,6-14H2,1-5H3/t16-,17-/m1/s1. The number of carbonyl (C=O) groups excluding carboxylic acids is 1. The van der Waals surface area contributed by atoms with Gasteiger partial charge in [0.05, 0.1) is 7.11 Å². The SMILES string of the molecule is COC(=O)CCC[C@H](C)CCC[C@H](C)CCCC(C)C. The summed E-state index contributed by atoms with van der Waals surface area (Å²) in [5.74, 6) is 2.38. The van der Waals surface area contributed by atoms with Gasteiger partial charge in [0.15, 0.2) is 0 Å². The first-order chi connectivity index (χ1) is 9.45. The molecule has 0 aromatic carbocycles. The number of methoxy groups -OCH3 is 1. The average Bonchev–Trinajstić information content (AvgIpc) is 2.38. The maximum absolute atomic E-state index is 11.0. The van der Waals surface area contributed by atoms with E-state index >= 15 is 0 Å². The smallest absolute Gasteiger partial charge is 0.305 e. The fourth-order valence-electron chi connectivity index (χ4n) is 2.67. The highest BCUT2D eigenvalue weighted by Crippen LogP contribution is 2.21. The zero-order chi connectivity index (χ0) is 15.4. The number of esters is 1. The number of carbonyl (C=O) groups is 1. The second-order valence-corrected chi connectivity index (χ2v) is 6.93. The van der Waals surface area contributed by atoms with E-state index in [0.717, 1.165) is 30.6 Å². The van der Waals surface area contributed by atoms with Crippen LogP contribution in [0.3, 0.4) is 0 Å². The van der Waals surface area contributed by atoms with Gasteiger partial charge in [0, 0.05) is 6.42 Å². The maximum atomic E-state index is 11.0. The van der Waals surface area contributed by atoms with Gasteiger partial charge in [-0.25, -0.2) is 0 Å². The van der Waals surface area contributed by atoms with Crippen molar-refractivity contribution >= 4 is 5.97 Å². The van der Waals surface area contributed by atoms with E-state index in [-0.39, 0.29) is 5.97 Å². The highest BCUT2D eigenvalue weighted by Gasteiger charge is 2.07. The van der Waals surface area contributed by atoms with Gasteiger partial charge in [-0.15, -0.1) is 0 Å². The molecule has 0 aromatic heterocycles. The molecule has 2 atom stereocenters. The molecule has 0 unspecified atom stereocenters. The van der Waals surface area contributed by atoms with E-state index in [1.54, 1.807) is 0 Å². The lowest BCUT2D eigenvalue weighted by molar-refractivity contribution is -0.140. The van der Waals surface area contributed by atoms with Crippen LogP contribution in [0.4, 0.5) is 0 Å². The molecule has 0 amide bonds. The summed E-state index contributed by atoms with van der Waals surface area (Å²) < 4.78 is 4.66. The minimum Gasteiger partial charge on any atom is -0.469 e. The zero-order valence-corrected chi connectivity index (χ0v) is 14.4. The van der Waals surface area contributed by atoms with Crippen LogP contribution in [0.15, 0.2) is 0 Å². The fraction of sp³-hybridized carbons (Fsp3) is 0.944. The van der Waals surface area contributed by atoms with E-state index in [1.165, 1.54) is 45.6 Å². The van der Waals surface area contributed by atoms with Gasteiger partial charge >= 0.3 is 5.97 Å². The molecule has 0 bridgehead atoms. The largest absolute Gasteiger partial charge is 0.469 e. The first kappa shape index (κ1) is 19.5. The second kappa shape index (κ2) is 12.2. The van der Waals surface area contributed by atoms with Crippen LogP contribution in [-0.2, 0) is 9.53 Å². The van der Waals surface area contributed by atoms with Gasteiger partial charge in [-0.3, -0.25) is 4.79 Å². The van der Waals surface area contributed by atoms with Crippen molar-refractivity contribution in [3.63, 3.8) is 0 Å². The summed E-state index contributed by atoms with van der Waals surface area (Å²) in [7, 11) is 1.46. The Hall–Kier alpha value is -0.530. The zero-order valence-electron chi connectivity index (χ0n) is 14.4. The Labute approximate surface area is 126 Å². The third-order valence-electron chi connectivity index (χ3n) is 4.18. The van der Waals surface area contributed by atoms with Crippen molar-refractivity contribution < 1.29 is 9.53 Å². The molecular formula is C18H36O2. The first-order valence-corrected chi connectivity index (χ1v) is 8.52. The molecule has 0 radical (unpaired) electrons. The number of rotatable bonds is 12. The number of hydrogen-bond donors (Lipinski definition) is 0. The lowest BCUT2D eigenvalue weighted by Gasteiger charge is -2.14. The van der Waals surface area contributed by atoms with Gasteiger partial charge in [-0.05, 0) is 24.2 Å². The van der Waals surface area contributed by atoms with Crippen LogP contribution in [0, 0.1) is 17.8 Å². The van der Waals surface area contributed by atoms with Crippen LogP contribution >= 0.6 is 0 Å². The molecule has 0 fully saturated rings. The molecule has 0 rings (SSSR count). The Morgan fingerprint density at radius 3 is 1.70 bits per heavy atom. The normalized spacial score (nSPS) is 14.3. The van der Waals surface area contributed by atoms with Crippen molar-refractivity contribution in [1.82, 2.24) is 0 Å². The molecule has 0 N–H and O–H groups in total. The monoisotopic (exact) mass is 284 g/mol. The Balaban J connectivity index is 3.45. The van der Waals surface area contributed by atoms with Crippen molar-refractivity contribution in [2.24, 2.45) is 17.8 Å². The number of hydrogen-bond acceptors (Lipinski definition) is 2. The van der Waals surface area contributed by atoms with Crippen LogP contribution in [0.2, 0.25) is 0 Å². The second-order valence-electron chi connectivity index (χ2n) is 6.93. The van der Waals surface area contributed by atoms with Crippen molar-refractivity contribution in [3.05, 3.63) is 0 Å². The summed E-state index contributed by atoms with van der Waals surface area (Å²) in [6.07, 6.45) is 10.8. The summed E-state index contributed by atoms with van der Waals surface area (Å²) in [5.41, 5.74) is 0. The molecule has 0 aliphatic rings. The molecule has 0 heterocycles. The Kier molecular flexibility index (Phi) is 11.9. The van der Waals surface area contributed by atoms with E-state index in [2.05, 4.69) is 32.4 Å². The predicted octanol–water partition coefficient (Wildman–Crippen LogP) is 5.60. The van der Waals surface area contributed by atoms with Gasteiger partial charge < -0.3 is 4.74 Å². The molecule has 0 saturated carbocycles. The molecule has 0 aromatic rings. The van der Waals surface area contributed by atoms with Gasteiger partial charge in [-0.2, -0.15) is 0 Å². The third-order valence-corrected chi connectivity index (χ3v) is 4.18. The highest BCUT2D eigenvalue weighted by molar-refractivity contribution is 5.68. The van der Waals surface area contributed by atoms with Crippen molar-refractivity contribution in [2.45, 2.75) is 85.5 Å². The Bertz CT molecular complexity index is 236. The fourth-order valence-corrected chi connectivity index (χ4v) is 2.67. The maximum Gasteiger partial charge on any atom is 0.305 e. The summed E-state index contributed by atoms with van der Waals surface area (Å²) in [6.45, 7) is 9.31. The molecule has 20 heavy (non-hydrogen) atoms. The van der Waals surface area contributed by atoms with Crippen molar-refractivity contribution in [1.29, 1.82) is 0 Å². The molecule has 0 spiro atoms. The van der Waals surface area contributed by atoms with Crippen molar-refractivity contribution in [2.75, 3.05) is 7.11 Å². The average molecular weight is 284 g/mol. The van der Waals surface area contributed by atoms with Crippen LogP contribution in [0.5, 0.6) is 0 Å². The molecule has 0 saturated heterocycles. The topological polar surface area (TPSA) is 26.3 Å². The van der Waals surface area contributed by atoms with Gasteiger partial charge in [0.1, 0.15) is 0 Å². The first-order valence-electron chi connectivity index (χ1n) is 8.52. The summed E-state index contributed by atoms with van der Waals surface area (Å²) >= 11 is 0. The minimum absolute atomic E-state index is 0.0732. The molecule has 0 aliphatic heterocycles. The van der Waals surface area contributed by atoms with E-state index < -0.39 is 0 Å². The van der Waals surface area contributed by atoms with Crippen LogP contribution in [0.1, 0.15) is 85.5 Å². The van der Waals surface area contributed by atoms with Crippen molar-refractivity contribution in [3.8, 4) is 0 Å². The van der Waals surface area contributed by atoms with Gasteiger partial charge in [-0.1, -0.05) is 72.6 Å². The molecular weight excluding hydrogens is 248 g/mol. The summed E-state index contributed by atoms with van der Waals surface area (Å²) in [5, 5.41) is 0. The van der Waals surface area contributed by atoms with E-state index in [1.807, 2.05) is 0 Å². The number of ether oxygens (including phenoxy) is 1. The van der Waals surface area contributed by atoms with E-state index in [9.17, 15) is 4.79 Å². The quantitative estimate of drug-likeness (QED) is 0.436. The Morgan fingerprint density at radius 1 is 0.800 bits per heavy atom. The summed E-state index contributed by atoms with van der Waals surface area (Å²) in [4.78, 5) is 11.0. The van der Waals surface area contributed by atoms with E-state index in [0.29, 0.717) is 6.42 Å². The van der Waals surface area contributed by atoms with Gasteiger partial charge in [0.25, 0.3) is 0 Å². The van der Waals surface area contributed by atoms with E-state index in [4.69, 9.17) is 0 Å². The third kappa shape index (κ3) is 12.5. The molecule has 120 valence electrons. The predicted molar refractivity (Wildman–Crippen MR) is 86.7 cm³/mol. The van der Waals surface area contributed by atoms with Crippen LogP contribution in [-0.4, -0.2) is 13.1 Å².